The molecule has 0 radical (unpaired) electrons. The molecule has 0 aromatic rings. The molecule has 0 unspecified atom stereocenters. The molecule has 1 aliphatic rings. The van der Waals surface area contributed by atoms with Crippen molar-refractivity contribution in [1.29, 1.82) is 0 Å². The van der Waals surface area contributed by atoms with Crippen molar-refractivity contribution in [2.24, 2.45) is 0 Å². The fourth-order valence-electron chi connectivity index (χ4n) is 1.88. The minimum absolute atomic E-state index is 0.0994. The van der Waals surface area contributed by atoms with Gasteiger partial charge in [-0.3, -0.25) is 9.59 Å². The number of hydrogen-bond acceptors (Lipinski definition) is 3. The molecule has 1 N–H and O–H groups in total. The van der Waals surface area contributed by atoms with Gasteiger partial charge in [0.25, 0.3) is 0 Å². The summed E-state index contributed by atoms with van der Waals surface area (Å²) < 4.78 is 0. The van der Waals surface area contributed by atoms with E-state index in [9.17, 15) is 9.59 Å². The summed E-state index contributed by atoms with van der Waals surface area (Å²) in [7, 11) is 0. The molecule has 5 heteroatoms. The van der Waals surface area contributed by atoms with E-state index in [1.807, 2.05) is 13.8 Å². The van der Waals surface area contributed by atoms with Gasteiger partial charge in [0.2, 0.25) is 0 Å². The van der Waals surface area contributed by atoms with E-state index < -0.39 is 0 Å². The van der Waals surface area contributed by atoms with Gasteiger partial charge in [-0.05, 0) is 13.8 Å². The molecule has 0 saturated carbocycles. The molecule has 2 amide bonds. The number of piperazine rings is 1. The number of carbonyl (C=O) groups excluding carboxylic acids is 2. The number of rotatable bonds is 5. The molecule has 98 valence electrons. The molecule has 0 aromatic carbocycles. The Labute approximate surface area is 103 Å². The van der Waals surface area contributed by atoms with Crippen LogP contribution in [0.2, 0.25) is 0 Å². The molecule has 0 spiro atoms. The average molecular weight is 241 g/mol. The minimum Gasteiger partial charge on any atom is -0.331 e. The van der Waals surface area contributed by atoms with E-state index in [0.717, 1.165) is 6.54 Å². The molecule has 0 bridgehead atoms. The molecule has 1 aliphatic heterocycles. The van der Waals surface area contributed by atoms with Crippen LogP contribution < -0.4 is 5.32 Å². The van der Waals surface area contributed by atoms with Crippen LogP contribution in [0, 0.1) is 0 Å². The Morgan fingerprint density at radius 1 is 1.12 bits per heavy atom. The van der Waals surface area contributed by atoms with Crippen LogP contribution in [0.3, 0.4) is 0 Å². The zero-order valence-corrected chi connectivity index (χ0v) is 11.2. The van der Waals surface area contributed by atoms with E-state index in [-0.39, 0.29) is 17.9 Å². The zero-order chi connectivity index (χ0) is 13.0. The molecule has 1 fully saturated rings. The molecule has 17 heavy (non-hydrogen) atoms. The van der Waals surface area contributed by atoms with Crippen molar-refractivity contribution in [2.75, 3.05) is 26.2 Å². The number of nitrogens with zero attached hydrogens (tertiary/aromatic N) is 2. The van der Waals surface area contributed by atoms with Crippen LogP contribution in [0.5, 0.6) is 0 Å². The third kappa shape index (κ3) is 3.70. The number of nitrogens with one attached hydrogen (secondary N) is 1. The highest BCUT2D eigenvalue weighted by molar-refractivity contribution is 6.35. The SMILES string of the molecule is CC(C)NCCN1CCN(C(C)C)C(=O)C1=O. The Kier molecular flexibility index (Phi) is 4.93. The number of carbonyl (C=O) groups is 2. The second kappa shape index (κ2) is 6.00. The van der Waals surface area contributed by atoms with E-state index in [4.69, 9.17) is 0 Å². The fourth-order valence-corrected chi connectivity index (χ4v) is 1.88. The van der Waals surface area contributed by atoms with Crippen molar-refractivity contribution in [2.45, 2.75) is 39.8 Å². The van der Waals surface area contributed by atoms with Gasteiger partial charge in [-0.25, -0.2) is 0 Å². The molecule has 0 atom stereocenters. The van der Waals surface area contributed by atoms with Gasteiger partial charge in [0, 0.05) is 38.3 Å². The monoisotopic (exact) mass is 241 g/mol. The van der Waals surface area contributed by atoms with Gasteiger partial charge in [-0.1, -0.05) is 13.8 Å². The van der Waals surface area contributed by atoms with Crippen molar-refractivity contribution in [1.82, 2.24) is 15.1 Å². The second-order valence-electron chi connectivity index (χ2n) is 4.99. The maximum atomic E-state index is 11.8. The lowest BCUT2D eigenvalue weighted by molar-refractivity contribution is -0.157. The average Bonchev–Trinajstić information content (AvgIpc) is 2.23. The van der Waals surface area contributed by atoms with Crippen molar-refractivity contribution in [3.05, 3.63) is 0 Å². The van der Waals surface area contributed by atoms with Crippen molar-refractivity contribution < 1.29 is 9.59 Å². The van der Waals surface area contributed by atoms with Crippen LogP contribution >= 0.6 is 0 Å². The number of hydrogen-bond donors (Lipinski definition) is 1. The fraction of sp³-hybridized carbons (Fsp3) is 0.833. The molecule has 0 aliphatic carbocycles. The standard InChI is InChI=1S/C12H23N3O2/c1-9(2)13-5-6-14-7-8-15(10(3)4)12(17)11(14)16/h9-10,13H,5-8H2,1-4H3. The Bertz CT molecular complexity index is 287. The third-order valence-electron chi connectivity index (χ3n) is 2.90. The summed E-state index contributed by atoms with van der Waals surface area (Å²) in [4.78, 5) is 26.9. The maximum absolute atomic E-state index is 11.8. The molecule has 1 saturated heterocycles. The van der Waals surface area contributed by atoms with Gasteiger partial charge in [0.05, 0.1) is 0 Å². The molecule has 1 heterocycles. The smallest absolute Gasteiger partial charge is 0.312 e. The Morgan fingerprint density at radius 3 is 2.29 bits per heavy atom. The predicted octanol–water partition coefficient (Wildman–Crippen LogP) is 0.0636. The van der Waals surface area contributed by atoms with Gasteiger partial charge in [-0.2, -0.15) is 0 Å². The van der Waals surface area contributed by atoms with Crippen LogP contribution in [-0.2, 0) is 9.59 Å². The van der Waals surface area contributed by atoms with Crippen molar-refractivity contribution >= 4 is 11.8 Å². The topological polar surface area (TPSA) is 52.6 Å². The maximum Gasteiger partial charge on any atom is 0.312 e. The molecule has 0 aromatic heterocycles. The largest absolute Gasteiger partial charge is 0.331 e. The summed E-state index contributed by atoms with van der Waals surface area (Å²) in [5, 5.41) is 3.24. The normalized spacial score (nSPS) is 17.5. The van der Waals surface area contributed by atoms with Gasteiger partial charge in [-0.15, -0.1) is 0 Å². The highest BCUT2D eigenvalue weighted by atomic mass is 16.2. The summed E-state index contributed by atoms with van der Waals surface area (Å²) in [5.41, 5.74) is 0. The summed E-state index contributed by atoms with van der Waals surface area (Å²) in [6.07, 6.45) is 0. The summed E-state index contributed by atoms with van der Waals surface area (Å²) in [5.74, 6) is -0.730. The lowest BCUT2D eigenvalue weighted by Crippen LogP contribution is -2.57. The summed E-state index contributed by atoms with van der Waals surface area (Å²) >= 11 is 0. The van der Waals surface area contributed by atoms with Crippen LogP contribution in [0.1, 0.15) is 27.7 Å². The first-order valence-corrected chi connectivity index (χ1v) is 6.26. The van der Waals surface area contributed by atoms with Gasteiger partial charge >= 0.3 is 11.8 Å². The lowest BCUT2D eigenvalue weighted by Gasteiger charge is -2.36. The molecular weight excluding hydrogens is 218 g/mol. The molecular formula is C12H23N3O2. The van der Waals surface area contributed by atoms with E-state index in [2.05, 4.69) is 19.2 Å². The van der Waals surface area contributed by atoms with Gasteiger partial charge in [0.15, 0.2) is 0 Å². The Balaban J connectivity index is 2.46. The number of amides is 2. The second-order valence-corrected chi connectivity index (χ2v) is 4.99. The highest BCUT2D eigenvalue weighted by Crippen LogP contribution is 2.08. The Morgan fingerprint density at radius 2 is 1.76 bits per heavy atom. The zero-order valence-electron chi connectivity index (χ0n) is 11.2. The van der Waals surface area contributed by atoms with Crippen molar-refractivity contribution in [3.8, 4) is 0 Å². The van der Waals surface area contributed by atoms with Crippen LogP contribution in [0.25, 0.3) is 0 Å². The highest BCUT2D eigenvalue weighted by Gasteiger charge is 2.33. The molecule has 1 rings (SSSR count). The van der Waals surface area contributed by atoms with Crippen molar-refractivity contribution in [3.63, 3.8) is 0 Å². The first-order chi connectivity index (χ1) is 7.93. The minimum atomic E-state index is -0.365. The predicted molar refractivity (Wildman–Crippen MR) is 66.6 cm³/mol. The van der Waals surface area contributed by atoms with Crippen LogP contribution in [0.15, 0.2) is 0 Å². The Hall–Kier alpha value is -1.10. The van der Waals surface area contributed by atoms with E-state index in [1.54, 1.807) is 9.80 Å². The third-order valence-corrected chi connectivity index (χ3v) is 2.90. The first-order valence-electron chi connectivity index (χ1n) is 6.26. The van der Waals surface area contributed by atoms with E-state index in [0.29, 0.717) is 25.7 Å². The first kappa shape index (κ1) is 14.0. The van der Waals surface area contributed by atoms with Crippen LogP contribution in [-0.4, -0.2) is 59.9 Å². The lowest BCUT2D eigenvalue weighted by atomic mass is 10.2. The van der Waals surface area contributed by atoms with Gasteiger partial charge < -0.3 is 15.1 Å². The summed E-state index contributed by atoms with van der Waals surface area (Å²) in [6.45, 7) is 10.6. The van der Waals surface area contributed by atoms with E-state index >= 15 is 0 Å². The molecule has 5 nitrogen and oxygen atoms in total. The summed E-state index contributed by atoms with van der Waals surface area (Å²) in [6, 6.07) is 0.500. The van der Waals surface area contributed by atoms with E-state index in [1.165, 1.54) is 0 Å². The quantitative estimate of drug-likeness (QED) is 0.693. The van der Waals surface area contributed by atoms with Gasteiger partial charge in [0.1, 0.15) is 0 Å². The van der Waals surface area contributed by atoms with Crippen LogP contribution in [0.4, 0.5) is 0 Å².